The summed E-state index contributed by atoms with van der Waals surface area (Å²) in [5.74, 6) is -1.17. The highest BCUT2D eigenvalue weighted by Gasteiger charge is 2.52. The molecule has 37 heavy (non-hydrogen) atoms. The highest BCUT2D eigenvalue weighted by molar-refractivity contribution is 7.12. The van der Waals surface area contributed by atoms with Gasteiger partial charge in [0, 0.05) is 22.7 Å². The van der Waals surface area contributed by atoms with Gasteiger partial charge in [-0.05, 0) is 57.1 Å². The van der Waals surface area contributed by atoms with E-state index in [1.165, 1.54) is 11.3 Å². The molecule has 1 aliphatic heterocycles. The number of carboxylic acid groups (broad SMARTS) is 1. The van der Waals surface area contributed by atoms with E-state index < -0.39 is 23.7 Å². The van der Waals surface area contributed by atoms with Crippen molar-refractivity contribution in [3.63, 3.8) is 0 Å². The number of amides is 2. The first-order valence-electron chi connectivity index (χ1n) is 12.5. The molecule has 2 heterocycles. The van der Waals surface area contributed by atoms with Crippen LogP contribution in [-0.2, 0) is 33.9 Å². The minimum Gasteiger partial charge on any atom is -0.480 e. The number of aliphatic imine (C=N–C) groups is 1. The Morgan fingerprint density at radius 2 is 1.89 bits per heavy atom. The summed E-state index contributed by atoms with van der Waals surface area (Å²) < 4.78 is 0. The molecule has 1 aromatic carbocycles. The standard InChI is InChI=1S/C27H34N4O5S/c1-17-28-25(35)27(11-4-5-12-27)26(36)31(17)16-21-10-9-20(37-21)14-22(24(33)34)29-23(32)19-8-6-7-18(13-19)15-30(2)3/h6-10,13,22-23,29,32H,4-5,11-12,14-16H2,1-3H3,(H,33,34)/t22-,23?/m0/s1. The number of nitrogens with one attached hydrogen (secondary N) is 1. The van der Waals surface area contributed by atoms with Crippen LogP contribution in [0.15, 0.2) is 41.4 Å². The lowest BCUT2D eigenvalue weighted by Crippen LogP contribution is -2.52. The van der Waals surface area contributed by atoms with Crippen molar-refractivity contribution in [1.29, 1.82) is 0 Å². The summed E-state index contributed by atoms with van der Waals surface area (Å²) in [6, 6.07) is 10.1. The van der Waals surface area contributed by atoms with Crippen LogP contribution in [0.3, 0.4) is 0 Å². The average Bonchev–Trinajstić information content (AvgIpc) is 3.51. The van der Waals surface area contributed by atoms with Crippen molar-refractivity contribution < 1.29 is 24.6 Å². The molecule has 0 radical (unpaired) electrons. The third-order valence-corrected chi connectivity index (χ3v) is 8.13. The topological polar surface area (TPSA) is 123 Å². The largest absolute Gasteiger partial charge is 0.480 e. The predicted octanol–water partition coefficient (Wildman–Crippen LogP) is 2.93. The molecule has 1 aromatic heterocycles. The maximum absolute atomic E-state index is 13.3. The Balaban J connectivity index is 1.43. The van der Waals surface area contributed by atoms with E-state index in [9.17, 15) is 24.6 Å². The zero-order valence-electron chi connectivity index (χ0n) is 21.4. The van der Waals surface area contributed by atoms with Crippen molar-refractivity contribution in [3.05, 3.63) is 57.3 Å². The molecule has 1 fully saturated rings. The average molecular weight is 527 g/mol. The van der Waals surface area contributed by atoms with Crippen LogP contribution in [0.2, 0.25) is 0 Å². The lowest BCUT2D eigenvalue weighted by Gasteiger charge is -2.35. The smallest absolute Gasteiger partial charge is 0.321 e. The van der Waals surface area contributed by atoms with Crippen molar-refractivity contribution in [2.45, 2.75) is 64.4 Å². The van der Waals surface area contributed by atoms with Crippen LogP contribution in [0.4, 0.5) is 0 Å². The molecule has 2 atom stereocenters. The van der Waals surface area contributed by atoms with Crippen molar-refractivity contribution >= 4 is 35.0 Å². The molecule has 4 rings (SSSR count). The number of rotatable bonds is 10. The minimum atomic E-state index is -1.13. The number of aliphatic hydroxyl groups excluding tert-OH is 1. The molecule has 10 heteroatoms. The Bertz CT molecular complexity index is 1200. The first-order valence-corrected chi connectivity index (χ1v) is 13.3. The fourth-order valence-corrected chi connectivity index (χ4v) is 6.16. The van der Waals surface area contributed by atoms with Gasteiger partial charge < -0.3 is 15.1 Å². The Labute approximate surface area is 220 Å². The Morgan fingerprint density at radius 1 is 1.19 bits per heavy atom. The number of carboxylic acids is 1. The van der Waals surface area contributed by atoms with Gasteiger partial charge in [0.05, 0.1) is 6.54 Å². The van der Waals surface area contributed by atoms with Crippen LogP contribution in [0.25, 0.3) is 0 Å². The van der Waals surface area contributed by atoms with Gasteiger partial charge >= 0.3 is 5.97 Å². The number of aliphatic carboxylic acids is 1. The summed E-state index contributed by atoms with van der Waals surface area (Å²) in [4.78, 5) is 47.3. The molecule has 0 saturated heterocycles. The van der Waals surface area contributed by atoms with Gasteiger partial charge in [0.2, 0.25) is 5.91 Å². The minimum absolute atomic E-state index is 0.178. The molecule has 1 aliphatic carbocycles. The van der Waals surface area contributed by atoms with Crippen LogP contribution in [0.5, 0.6) is 0 Å². The first-order chi connectivity index (χ1) is 17.6. The maximum Gasteiger partial charge on any atom is 0.321 e. The van der Waals surface area contributed by atoms with E-state index in [0.717, 1.165) is 28.2 Å². The van der Waals surface area contributed by atoms with E-state index in [4.69, 9.17) is 0 Å². The second kappa shape index (κ2) is 11.2. The quantitative estimate of drug-likeness (QED) is 0.321. The van der Waals surface area contributed by atoms with Crippen molar-refractivity contribution in [2.24, 2.45) is 10.4 Å². The van der Waals surface area contributed by atoms with E-state index >= 15 is 0 Å². The van der Waals surface area contributed by atoms with Crippen LogP contribution in [0.1, 0.15) is 59.7 Å². The molecule has 1 saturated carbocycles. The summed E-state index contributed by atoms with van der Waals surface area (Å²) in [5.41, 5.74) is 0.606. The molecular weight excluding hydrogens is 492 g/mol. The van der Waals surface area contributed by atoms with E-state index in [0.29, 0.717) is 37.3 Å². The number of aliphatic hydroxyl groups is 1. The SMILES string of the molecule is CC1=NC(=O)C2(CCCC2)C(=O)N1Cc1ccc(C[C@H](NC(O)c2cccc(CN(C)C)c2)C(=O)O)s1. The molecule has 2 aliphatic rings. The molecule has 1 spiro atoms. The highest BCUT2D eigenvalue weighted by atomic mass is 32.1. The molecular formula is C27H34N4O5S. The summed E-state index contributed by atoms with van der Waals surface area (Å²) in [7, 11) is 3.91. The maximum atomic E-state index is 13.3. The number of amidine groups is 1. The predicted molar refractivity (Wildman–Crippen MR) is 141 cm³/mol. The van der Waals surface area contributed by atoms with E-state index in [1.54, 1.807) is 17.9 Å². The van der Waals surface area contributed by atoms with Gasteiger partial charge in [0.1, 0.15) is 23.5 Å². The van der Waals surface area contributed by atoms with Crippen LogP contribution >= 0.6 is 11.3 Å². The van der Waals surface area contributed by atoms with Gasteiger partial charge in [-0.2, -0.15) is 4.99 Å². The van der Waals surface area contributed by atoms with Gasteiger partial charge in [-0.25, -0.2) is 0 Å². The fourth-order valence-electron chi connectivity index (χ4n) is 5.11. The van der Waals surface area contributed by atoms with Gasteiger partial charge in [-0.1, -0.05) is 37.1 Å². The second-order valence-corrected chi connectivity index (χ2v) is 11.4. The molecule has 9 nitrogen and oxygen atoms in total. The molecule has 1 unspecified atom stereocenters. The number of benzene rings is 1. The molecule has 2 aromatic rings. The number of nitrogens with zero attached hydrogens (tertiary/aromatic N) is 3. The van der Waals surface area contributed by atoms with Crippen molar-refractivity contribution in [3.8, 4) is 0 Å². The van der Waals surface area contributed by atoms with Gasteiger partial charge in [-0.3, -0.25) is 24.6 Å². The normalized spacial score (nSPS) is 18.9. The molecule has 198 valence electrons. The number of carbonyl (C=O) groups excluding carboxylic acids is 2. The first kappa shape index (κ1) is 27.1. The van der Waals surface area contributed by atoms with E-state index in [1.807, 2.05) is 49.3 Å². The van der Waals surface area contributed by atoms with E-state index in [-0.39, 0.29) is 18.2 Å². The van der Waals surface area contributed by atoms with Gasteiger partial charge in [-0.15, -0.1) is 11.3 Å². The number of hydrogen-bond donors (Lipinski definition) is 3. The van der Waals surface area contributed by atoms with Crippen molar-refractivity contribution in [2.75, 3.05) is 14.1 Å². The summed E-state index contributed by atoms with van der Waals surface area (Å²) in [6.07, 6.45) is 1.82. The summed E-state index contributed by atoms with van der Waals surface area (Å²) >= 11 is 1.42. The zero-order valence-corrected chi connectivity index (χ0v) is 22.3. The third-order valence-electron chi connectivity index (χ3n) is 7.03. The Hall–Kier alpha value is -2.92. The molecule has 3 N–H and O–H groups in total. The van der Waals surface area contributed by atoms with Crippen LogP contribution in [-0.4, -0.2) is 63.8 Å². The van der Waals surface area contributed by atoms with E-state index in [2.05, 4.69) is 10.3 Å². The lowest BCUT2D eigenvalue weighted by molar-refractivity contribution is -0.148. The van der Waals surface area contributed by atoms with Gasteiger partial charge in [0.25, 0.3) is 5.91 Å². The molecule has 0 bridgehead atoms. The second-order valence-electron chi connectivity index (χ2n) is 10.2. The third kappa shape index (κ3) is 5.98. The fraction of sp³-hybridized carbons (Fsp3) is 0.481. The summed E-state index contributed by atoms with van der Waals surface area (Å²) in [6.45, 7) is 2.67. The van der Waals surface area contributed by atoms with Crippen LogP contribution in [0, 0.1) is 5.41 Å². The van der Waals surface area contributed by atoms with Crippen LogP contribution < -0.4 is 5.32 Å². The van der Waals surface area contributed by atoms with Gasteiger partial charge in [0.15, 0.2) is 0 Å². The Morgan fingerprint density at radius 3 is 2.57 bits per heavy atom. The van der Waals surface area contributed by atoms with Crippen molar-refractivity contribution in [1.82, 2.24) is 15.1 Å². The number of carbonyl (C=O) groups is 3. The lowest BCUT2D eigenvalue weighted by atomic mass is 9.82. The highest BCUT2D eigenvalue weighted by Crippen LogP contribution is 2.43. The zero-order chi connectivity index (χ0) is 26.7. The monoisotopic (exact) mass is 526 g/mol. The number of thiophene rings is 1. The molecule has 2 amide bonds. The Kier molecular flexibility index (Phi) is 8.23. The summed E-state index contributed by atoms with van der Waals surface area (Å²) in [5, 5.41) is 23.3. The number of hydrogen-bond acceptors (Lipinski definition) is 7.